The fourth-order valence-corrected chi connectivity index (χ4v) is 3.62. The van der Waals surface area contributed by atoms with Crippen LogP contribution in [0.25, 0.3) is 0 Å². The average molecular weight is 436 g/mol. The first-order chi connectivity index (χ1) is 10.2. The Balaban J connectivity index is 0.00000242. The lowest BCUT2D eigenvalue weighted by atomic mass is 10.2. The van der Waals surface area contributed by atoms with Crippen molar-refractivity contribution in [1.82, 2.24) is 15.5 Å². The van der Waals surface area contributed by atoms with E-state index in [1.165, 1.54) is 30.6 Å². The van der Waals surface area contributed by atoms with Crippen LogP contribution < -0.4 is 10.6 Å². The lowest BCUT2D eigenvalue weighted by molar-refractivity contribution is 0.249. The molecule has 22 heavy (non-hydrogen) atoms. The van der Waals surface area contributed by atoms with E-state index >= 15 is 0 Å². The van der Waals surface area contributed by atoms with Crippen LogP contribution in [-0.4, -0.2) is 44.1 Å². The van der Waals surface area contributed by atoms with Gasteiger partial charge in [0.2, 0.25) is 0 Å². The largest absolute Gasteiger partial charge is 0.355 e. The first kappa shape index (κ1) is 19.7. The van der Waals surface area contributed by atoms with Crippen LogP contribution in [-0.2, 0) is 0 Å². The molecule has 0 aromatic carbocycles. The predicted octanol–water partition coefficient (Wildman–Crippen LogP) is 3.47. The van der Waals surface area contributed by atoms with Gasteiger partial charge < -0.3 is 15.5 Å². The summed E-state index contributed by atoms with van der Waals surface area (Å²) in [6.07, 6.45) is 5.51. The number of rotatable bonds is 6. The molecule has 1 fully saturated rings. The average Bonchev–Trinajstić information content (AvgIpc) is 3.18. The van der Waals surface area contributed by atoms with Gasteiger partial charge in [-0.2, -0.15) is 0 Å². The summed E-state index contributed by atoms with van der Waals surface area (Å²) in [4.78, 5) is 8.13. The van der Waals surface area contributed by atoms with E-state index in [-0.39, 0.29) is 24.0 Å². The molecule has 1 atom stereocenters. The second kappa shape index (κ2) is 10.4. The third kappa shape index (κ3) is 6.04. The highest BCUT2D eigenvalue weighted by Crippen LogP contribution is 2.21. The Labute approximate surface area is 155 Å². The van der Waals surface area contributed by atoms with Crippen LogP contribution in [0.15, 0.2) is 22.5 Å². The number of guanidine groups is 1. The molecule has 0 spiro atoms. The summed E-state index contributed by atoms with van der Waals surface area (Å²) in [7, 11) is 4.07. The molecule has 1 aromatic rings. The molecular formula is C16H29IN4S. The summed E-state index contributed by atoms with van der Waals surface area (Å²) >= 11 is 1.78. The van der Waals surface area contributed by atoms with Crippen LogP contribution >= 0.6 is 35.3 Å². The standard InChI is InChI=1S/C16H28N4S.HI/c1-13(15-9-6-12-21-15)19-16(17-2)18-10-11-20(3)14-7-4-5-8-14;/h6,9,12-14H,4-5,7-8,10-11H2,1-3H3,(H2,17,18,19);1H. The van der Waals surface area contributed by atoms with Gasteiger partial charge in [-0.3, -0.25) is 4.99 Å². The van der Waals surface area contributed by atoms with E-state index in [9.17, 15) is 0 Å². The molecule has 1 saturated carbocycles. The highest BCUT2D eigenvalue weighted by molar-refractivity contribution is 14.0. The first-order valence-electron chi connectivity index (χ1n) is 7.91. The van der Waals surface area contributed by atoms with E-state index < -0.39 is 0 Å². The van der Waals surface area contributed by atoms with Crippen molar-refractivity contribution in [3.63, 3.8) is 0 Å². The highest BCUT2D eigenvalue weighted by Gasteiger charge is 2.18. The van der Waals surface area contributed by atoms with Crippen molar-refractivity contribution in [2.45, 2.75) is 44.7 Å². The molecule has 1 aliphatic carbocycles. The maximum absolute atomic E-state index is 4.31. The van der Waals surface area contributed by atoms with Crippen molar-refractivity contribution in [2.75, 3.05) is 27.2 Å². The van der Waals surface area contributed by atoms with Crippen LogP contribution in [0.3, 0.4) is 0 Å². The minimum Gasteiger partial charge on any atom is -0.355 e. The second-order valence-corrected chi connectivity index (χ2v) is 6.78. The Hall–Kier alpha value is -0.340. The van der Waals surface area contributed by atoms with Crippen LogP contribution in [0, 0.1) is 0 Å². The number of thiophene rings is 1. The van der Waals surface area contributed by atoms with Gasteiger partial charge in [0.1, 0.15) is 0 Å². The summed E-state index contributed by atoms with van der Waals surface area (Å²) in [5.41, 5.74) is 0. The summed E-state index contributed by atoms with van der Waals surface area (Å²) < 4.78 is 0. The lowest BCUT2D eigenvalue weighted by Crippen LogP contribution is -2.43. The Morgan fingerprint density at radius 2 is 2.18 bits per heavy atom. The summed E-state index contributed by atoms with van der Waals surface area (Å²) in [5, 5.41) is 8.97. The van der Waals surface area contributed by atoms with E-state index in [1.807, 2.05) is 7.05 Å². The second-order valence-electron chi connectivity index (χ2n) is 5.80. The molecule has 2 rings (SSSR count). The maximum atomic E-state index is 4.31. The van der Waals surface area contributed by atoms with Gasteiger partial charge in [-0.25, -0.2) is 0 Å². The predicted molar refractivity (Wildman–Crippen MR) is 108 cm³/mol. The Morgan fingerprint density at radius 1 is 1.45 bits per heavy atom. The molecule has 1 unspecified atom stereocenters. The molecule has 126 valence electrons. The topological polar surface area (TPSA) is 39.7 Å². The number of hydrogen-bond donors (Lipinski definition) is 2. The Kier molecular flexibility index (Phi) is 9.35. The fourth-order valence-electron chi connectivity index (χ4n) is 2.89. The first-order valence-corrected chi connectivity index (χ1v) is 8.79. The normalized spacial score (nSPS) is 17.4. The molecule has 0 amide bonds. The van der Waals surface area contributed by atoms with Crippen LogP contribution in [0.4, 0.5) is 0 Å². The van der Waals surface area contributed by atoms with Gasteiger partial charge in [0.15, 0.2) is 5.96 Å². The quantitative estimate of drug-likeness (QED) is 0.408. The molecule has 1 aliphatic rings. The number of aliphatic imine (C=N–C) groups is 1. The van der Waals surface area contributed by atoms with Gasteiger partial charge in [0, 0.05) is 31.1 Å². The summed E-state index contributed by atoms with van der Waals surface area (Å²) in [6.45, 7) is 4.17. The van der Waals surface area contributed by atoms with Gasteiger partial charge in [-0.15, -0.1) is 35.3 Å². The number of nitrogens with one attached hydrogen (secondary N) is 2. The number of halogens is 1. The minimum absolute atomic E-state index is 0. The zero-order valence-corrected chi connectivity index (χ0v) is 17.0. The van der Waals surface area contributed by atoms with Gasteiger partial charge in [0.05, 0.1) is 6.04 Å². The third-order valence-corrected chi connectivity index (χ3v) is 5.31. The number of hydrogen-bond acceptors (Lipinski definition) is 3. The smallest absolute Gasteiger partial charge is 0.191 e. The molecular weight excluding hydrogens is 407 g/mol. The van der Waals surface area contributed by atoms with Crippen molar-refractivity contribution in [3.8, 4) is 0 Å². The summed E-state index contributed by atoms with van der Waals surface area (Å²) in [6, 6.07) is 5.32. The van der Waals surface area contributed by atoms with Gasteiger partial charge in [0.25, 0.3) is 0 Å². The molecule has 0 saturated heterocycles. The van der Waals surface area contributed by atoms with Crippen LogP contribution in [0.2, 0.25) is 0 Å². The van der Waals surface area contributed by atoms with Crippen molar-refractivity contribution in [3.05, 3.63) is 22.4 Å². The molecule has 4 nitrogen and oxygen atoms in total. The van der Waals surface area contributed by atoms with E-state index in [2.05, 4.69) is 52.0 Å². The molecule has 0 aliphatic heterocycles. The summed E-state index contributed by atoms with van der Waals surface area (Å²) in [5.74, 6) is 0.885. The van der Waals surface area contributed by atoms with Crippen LogP contribution in [0.5, 0.6) is 0 Å². The minimum atomic E-state index is 0. The van der Waals surface area contributed by atoms with E-state index in [4.69, 9.17) is 0 Å². The SMILES string of the molecule is CN=C(NCCN(C)C1CCCC1)NC(C)c1cccs1.I. The van der Waals surface area contributed by atoms with Gasteiger partial charge in [-0.1, -0.05) is 18.9 Å². The molecule has 0 radical (unpaired) electrons. The zero-order chi connectivity index (χ0) is 15.1. The number of nitrogens with zero attached hydrogens (tertiary/aromatic N) is 2. The Morgan fingerprint density at radius 3 is 2.77 bits per heavy atom. The third-order valence-electron chi connectivity index (χ3n) is 4.25. The molecule has 2 N–H and O–H groups in total. The Bertz CT molecular complexity index is 429. The highest BCUT2D eigenvalue weighted by atomic mass is 127. The zero-order valence-electron chi connectivity index (χ0n) is 13.8. The maximum Gasteiger partial charge on any atom is 0.191 e. The van der Waals surface area contributed by atoms with Crippen LogP contribution in [0.1, 0.15) is 43.5 Å². The number of likely N-dealkylation sites (N-methyl/N-ethyl adjacent to an activating group) is 1. The van der Waals surface area contributed by atoms with Crippen molar-refractivity contribution >= 4 is 41.3 Å². The van der Waals surface area contributed by atoms with E-state index in [1.54, 1.807) is 11.3 Å². The molecule has 6 heteroatoms. The van der Waals surface area contributed by atoms with Crippen molar-refractivity contribution in [1.29, 1.82) is 0 Å². The van der Waals surface area contributed by atoms with E-state index in [0.29, 0.717) is 6.04 Å². The van der Waals surface area contributed by atoms with Crippen molar-refractivity contribution in [2.24, 2.45) is 4.99 Å². The monoisotopic (exact) mass is 436 g/mol. The molecule has 0 bridgehead atoms. The van der Waals surface area contributed by atoms with E-state index in [0.717, 1.165) is 25.1 Å². The lowest BCUT2D eigenvalue weighted by Gasteiger charge is -2.25. The molecule has 1 aromatic heterocycles. The van der Waals surface area contributed by atoms with Gasteiger partial charge in [-0.05, 0) is 38.3 Å². The fraction of sp³-hybridized carbons (Fsp3) is 0.688. The van der Waals surface area contributed by atoms with Gasteiger partial charge >= 0.3 is 0 Å². The molecule has 1 heterocycles. The van der Waals surface area contributed by atoms with Crippen molar-refractivity contribution < 1.29 is 0 Å².